The van der Waals surface area contributed by atoms with E-state index < -0.39 is 11.3 Å². The topological polar surface area (TPSA) is 87.2 Å². The summed E-state index contributed by atoms with van der Waals surface area (Å²) in [6.07, 6.45) is 0. The lowest BCUT2D eigenvalue weighted by Crippen LogP contribution is -2.27. The van der Waals surface area contributed by atoms with Gasteiger partial charge in [-0.2, -0.15) is 5.10 Å². The van der Waals surface area contributed by atoms with Crippen molar-refractivity contribution < 1.29 is 4.79 Å². The number of ketones is 1. The van der Waals surface area contributed by atoms with Crippen LogP contribution in [0.25, 0.3) is 11.0 Å². The van der Waals surface area contributed by atoms with E-state index in [2.05, 4.69) is 20.5 Å². The zero-order chi connectivity index (χ0) is 19.3. The number of carbonyl (C=O) groups is 1. The number of carbonyl (C=O) groups excluding carboxylic acids is 1. The molecule has 0 atom stereocenters. The van der Waals surface area contributed by atoms with Gasteiger partial charge >= 0.3 is 0 Å². The van der Waals surface area contributed by atoms with Gasteiger partial charge in [-0.3, -0.25) is 15.0 Å². The van der Waals surface area contributed by atoms with Crippen molar-refractivity contribution in [3.63, 3.8) is 0 Å². The minimum absolute atomic E-state index is 0.0315. The third-order valence-corrected chi connectivity index (χ3v) is 4.15. The van der Waals surface area contributed by atoms with Crippen molar-refractivity contribution in [2.45, 2.75) is 0 Å². The lowest BCUT2D eigenvalue weighted by atomic mass is 10.0. The van der Waals surface area contributed by atoms with Gasteiger partial charge in [-0.25, -0.2) is 4.98 Å². The molecule has 0 amide bonds. The van der Waals surface area contributed by atoms with Gasteiger partial charge < -0.3 is 4.98 Å². The minimum Gasteiger partial charge on any atom is -0.319 e. The van der Waals surface area contributed by atoms with Crippen LogP contribution in [-0.2, 0) is 0 Å². The van der Waals surface area contributed by atoms with Gasteiger partial charge in [0.25, 0.3) is 5.56 Å². The maximum atomic E-state index is 13.1. The van der Waals surface area contributed by atoms with E-state index in [1.54, 1.807) is 42.5 Å². The molecule has 0 aliphatic carbocycles. The molecule has 0 unspecified atom stereocenters. The molecule has 0 radical (unpaired) electrons. The summed E-state index contributed by atoms with van der Waals surface area (Å²) in [4.78, 5) is 32.9. The molecule has 0 fully saturated rings. The standard InChI is InChI=1S/C22H16N4O2/c27-21(15-9-3-1-4-10-15)19(26-25-16-11-5-2-6-12-16)20-22(28)24-18-14-8-7-13-17(18)23-20/h1-14,25H,(H,24,28)/b26-19+. The SMILES string of the molecule is O=C(/C(=N/Nc1ccccc1)c1nc2ccccc2[nH]c1=O)c1ccccc1. The first-order valence-electron chi connectivity index (χ1n) is 8.70. The maximum Gasteiger partial charge on any atom is 0.276 e. The van der Waals surface area contributed by atoms with Crippen LogP contribution in [0.3, 0.4) is 0 Å². The van der Waals surface area contributed by atoms with E-state index in [9.17, 15) is 9.59 Å². The Kier molecular flexibility index (Phi) is 4.76. The van der Waals surface area contributed by atoms with Crippen LogP contribution in [-0.4, -0.2) is 21.5 Å². The average molecular weight is 368 g/mol. The van der Waals surface area contributed by atoms with E-state index in [1.165, 1.54) is 0 Å². The van der Waals surface area contributed by atoms with Crippen LogP contribution < -0.4 is 11.0 Å². The van der Waals surface area contributed by atoms with E-state index in [0.29, 0.717) is 22.3 Å². The van der Waals surface area contributed by atoms with Crippen molar-refractivity contribution in [2.75, 3.05) is 5.43 Å². The number of aromatic amines is 1. The second kappa shape index (κ2) is 7.67. The Morgan fingerprint density at radius 2 is 1.50 bits per heavy atom. The zero-order valence-electron chi connectivity index (χ0n) is 14.8. The molecule has 0 aliphatic heterocycles. The first kappa shape index (κ1) is 17.4. The fourth-order valence-electron chi connectivity index (χ4n) is 2.76. The average Bonchev–Trinajstić information content (AvgIpc) is 2.75. The Morgan fingerprint density at radius 1 is 0.857 bits per heavy atom. The van der Waals surface area contributed by atoms with Crippen molar-refractivity contribution in [3.8, 4) is 0 Å². The van der Waals surface area contributed by atoms with Gasteiger partial charge in [-0.05, 0) is 24.3 Å². The van der Waals surface area contributed by atoms with Crippen molar-refractivity contribution in [3.05, 3.63) is 107 Å². The summed E-state index contributed by atoms with van der Waals surface area (Å²) in [7, 11) is 0. The number of benzene rings is 3. The quantitative estimate of drug-likeness (QED) is 0.320. The fraction of sp³-hybridized carbons (Fsp3) is 0. The normalized spacial score (nSPS) is 11.4. The van der Waals surface area contributed by atoms with Crippen LogP contribution in [0.15, 0.2) is 94.8 Å². The Hall–Kier alpha value is -4.06. The second-order valence-corrected chi connectivity index (χ2v) is 6.07. The smallest absolute Gasteiger partial charge is 0.276 e. The summed E-state index contributed by atoms with van der Waals surface area (Å²) in [5.41, 5.74) is 4.57. The van der Waals surface area contributed by atoms with Crippen molar-refractivity contribution in [2.24, 2.45) is 5.10 Å². The van der Waals surface area contributed by atoms with Crippen LogP contribution in [0.4, 0.5) is 5.69 Å². The fourth-order valence-corrected chi connectivity index (χ4v) is 2.76. The zero-order valence-corrected chi connectivity index (χ0v) is 14.8. The Morgan fingerprint density at radius 3 is 2.25 bits per heavy atom. The van der Waals surface area contributed by atoms with Gasteiger partial charge in [-0.15, -0.1) is 0 Å². The molecule has 28 heavy (non-hydrogen) atoms. The van der Waals surface area contributed by atoms with E-state index >= 15 is 0 Å². The number of anilines is 1. The first-order chi connectivity index (χ1) is 13.7. The largest absolute Gasteiger partial charge is 0.319 e. The number of nitrogens with zero attached hydrogens (tertiary/aromatic N) is 2. The number of H-pyrrole nitrogens is 1. The number of nitrogens with one attached hydrogen (secondary N) is 2. The highest BCUT2D eigenvalue weighted by Crippen LogP contribution is 2.11. The summed E-state index contributed by atoms with van der Waals surface area (Å²) in [5, 5.41) is 4.24. The second-order valence-electron chi connectivity index (χ2n) is 6.07. The monoisotopic (exact) mass is 368 g/mol. The van der Waals surface area contributed by atoms with Crippen molar-refractivity contribution in [1.29, 1.82) is 0 Å². The van der Waals surface area contributed by atoms with Crippen LogP contribution in [0.5, 0.6) is 0 Å². The summed E-state index contributed by atoms with van der Waals surface area (Å²) in [6, 6.07) is 25.0. The van der Waals surface area contributed by atoms with Crippen LogP contribution in [0.2, 0.25) is 0 Å². The van der Waals surface area contributed by atoms with Gasteiger partial charge in [0.1, 0.15) is 0 Å². The summed E-state index contributed by atoms with van der Waals surface area (Å²) < 4.78 is 0. The van der Waals surface area contributed by atoms with Gasteiger partial charge in [0.15, 0.2) is 11.4 Å². The molecule has 0 bridgehead atoms. The van der Waals surface area contributed by atoms with Crippen LogP contribution in [0, 0.1) is 0 Å². The first-order valence-corrected chi connectivity index (χ1v) is 8.70. The van der Waals surface area contributed by atoms with E-state index in [0.717, 1.165) is 0 Å². The molecule has 2 N–H and O–H groups in total. The van der Waals surface area contributed by atoms with E-state index in [4.69, 9.17) is 0 Å². The minimum atomic E-state index is -0.475. The van der Waals surface area contributed by atoms with Gasteiger partial charge in [0, 0.05) is 5.56 Å². The molecule has 0 saturated heterocycles. The molecule has 136 valence electrons. The lowest BCUT2D eigenvalue weighted by molar-refractivity contribution is 0.106. The van der Waals surface area contributed by atoms with E-state index in [1.807, 2.05) is 42.5 Å². The number of hydrogen-bond donors (Lipinski definition) is 2. The summed E-state index contributed by atoms with van der Waals surface area (Å²) in [6.45, 7) is 0. The molecule has 1 aromatic heterocycles. The van der Waals surface area contributed by atoms with Gasteiger partial charge in [0.2, 0.25) is 5.78 Å². The lowest BCUT2D eigenvalue weighted by Gasteiger charge is -2.07. The Labute approximate surface area is 160 Å². The number of rotatable bonds is 5. The molecule has 1 heterocycles. The molecular weight excluding hydrogens is 352 g/mol. The highest BCUT2D eigenvalue weighted by molar-refractivity contribution is 6.51. The molecule has 6 nitrogen and oxygen atoms in total. The molecule has 6 heteroatoms. The molecule has 3 aromatic carbocycles. The Balaban J connectivity index is 1.84. The van der Waals surface area contributed by atoms with Crippen molar-refractivity contribution in [1.82, 2.24) is 9.97 Å². The number of hydrazone groups is 1. The summed E-state index contributed by atoms with van der Waals surface area (Å²) in [5.74, 6) is -0.391. The number of para-hydroxylation sites is 3. The number of fused-ring (bicyclic) bond motifs is 1. The maximum absolute atomic E-state index is 13.1. The van der Waals surface area contributed by atoms with Gasteiger partial charge in [0.05, 0.1) is 16.7 Å². The molecule has 4 rings (SSSR count). The number of aromatic nitrogens is 2. The number of hydrogen-bond acceptors (Lipinski definition) is 5. The molecule has 0 spiro atoms. The van der Waals surface area contributed by atoms with Crippen LogP contribution in [0.1, 0.15) is 16.1 Å². The summed E-state index contributed by atoms with van der Waals surface area (Å²) >= 11 is 0. The third kappa shape index (κ3) is 3.57. The predicted octanol–water partition coefficient (Wildman–Crippen LogP) is 3.62. The van der Waals surface area contributed by atoms with Crippen molar-refractivity contribution >= 4 is 28.2 Å². The Bertz CT molecular complexity index is 1220. The number of Topliss-reactive ketones (excluding diaryl/α,β-unsaturated/α-hetero) is 1. The van der Waals surface area contributed by atoms with Gasteiger partial charge in [-0.1, -0.05) is 60.7 Å². The highest BCUT2D eigenvalue weighted by Gasteiger charge is 2.21. The van der Waals surface area contributed by atoms with E-state index in [-0.39, 0.29) is 11.4 Å². The van der Waals surface area contributed by atoms with Crippen LogP contribution >= 0.6 is 0 Å². The predicted molar refractivity (Wildman–Crippen MR) is 110 cm³/mol. The molecule has 0 aliphatic rings. The third-order valence-electron chi connectivity index (χ3n) is 4.15. The molecular formula is C22H16N4O2. The highest BCUT2D eigenvalue weighted by atomic mass is 16.1. The molecule has 0 saturated carbocycles. The molecule has 4 aromatic rings.